The van der Waals surface area contributed by atoms with Gasteiger partial charge in [0.05, 0.1) is 11.8 Å². The Balaban J connectivity index is 2.41. The molecule has 1 aromatic rings. The number of hydrogen-bond donors (Lipinski definition) is 2. The number of aliphatic hydroxyl groups is 1. The fourth-order valence-electron chi connectivity index (χ4n) is 2.06. The second-order valence-corrected chi connectivity index (χ2v) is 5.19. The first-order chi connectivity index (χ1) is 7.91. The van der Waals surface area contributed by atoms with Crippen molar-refractivity contribution in [1.29, 1.82) is 0 Å². The van der Waals surface area contributed by atoms with Crippen molar-refractivity contribution in [3.05, 3.63) is 17.0 Å². The summed E-state index contributed by atoms with van der Waals surface area (Å²) in [6, 6.07) is 0. The van der Waals surface area contributed by atoms with Gasteiger partial charge in [-0.1, -0.05) is 13.8 Å². The Morgan fingerprint density at radius 2 is 2.00 bits per heavy atom. The zero-order valence-electron chi connectivity index (χ0n) is 11.6. The van der Waals surface area contributed by atoms with Crippen molar-refractivity contribution >= 4 is 0 Å². The quantitative estimate of drug-likeness (QED) is 0.791. The van der Waals surface area contributed by atoms with E-state index in [0.29, 0.717) is 12.5 Å². The van der Waals surface area contributed by atoms with Crippen molar-refractivity contribution in [2.75, 3.05) is 6.54 Å². The lowest BCUT2D eigenvalue weighted by Gasteiger charge is -2.13. The molecule has 2 N–H and O–H groups in total. The van der Waals surface area contributed by atoms with Gasteiger partial charge in [-0.15, -0.1) is 0 Å². The maximum absolute atomic E-state index is 9.76. The van der Waals surface area contributed by atoms with E-state index in [1.807, 2.05) is 18.7 Å². The molecule has 1 aromatic heterocycles. The number of nitrogens with one attached hydrogen (secondary N) is 1. The maximum Gasteiger partial charge on any atom is 0.0667 e. The van der Waals surface area contributed by atoms with E-state index in [1.54, 1.807) is 0 Å². The van der Waals surface area contributed by atoms with Crippen LogP contribution in [0.5, 0.6) is 0 Å². The van der Waals surface area contributed by atoms with Crippen molar-refractivity contribution in [1.82, 2.24) is 15.1 Å². The van der Waals surface area contributed by atoms with Gasteiger partial charge in [-0.05, 0) is 26.2 Å². The summed E-state index contributed by atoms with van der Waals surface area (Å²) < 4.78 is 1.90. The van der Waals surface area contributed by atoms with Crippen LogP contribution in [-0.2, 0) is 13.6 Å². The number of aliphatic hydroxyl groups excluding tert-OH is 1. The molecule has 0 amide bonds. The smallest absolute Gasteiger partial charge is 0.0667 e. The summed E-state index contributed by atoms with van der Waals surface area (Å²) in [6.45, 7) is 9.76. The number of aromatic nitrogens is 2. The van der Waals surface area contributed by atoms with Crippen LogP contribution in [0.1, 0.15) is 37.2 Å². The molecule has 17 heavy (non-hydrogen) atoms. The Kier molecular flexibility index (Phi) is 5.15. The Bertz CT molecular complexity index is 358. The Labute approximate surface area is 104 Å². The van der Waals surface area contributed by atoms with Gasteiger partial charge >= 0.3 is 0 Å². The fraction of sp³-hybridized carbons (Fsp3) is 0.769. The van der Waals surface area contributed by atoms with E-state index in [-0.39, 0.29) is 6.10 Å². The molecule has 0 aliphatic rings. The number of aryl methyl sites for hydroxylation is 2. The monoisotopic (exact) mass is 239 g/mol. The van der Waals surface area contributed by atoms with Gasteiger partial charge in [0.2, 0.25) is 0 Å². The molecule has 0 aromatic carbocycles. The minimum absolute atomic E-state index is 0.257. The Hall–Kier alpha value is -0.870. The van der Waals surface area contributed by atoms with E-state index in [0.717, 1.165) is 18.7 Å². The summed E-state index contributed by atoms with van der Waals surface area (Å²) in [5.74, 6) is 0.536. The number of hydrogen-bond acceptors (Lipinski definition) is 3. The van der Waals surface area contributed by atoms with Crippen molar-refractivity contribution in [3.8, 4) is 0 Å². The molecular formula is C13H25N3O. The van der Waals surface area contributed by atoms with Crippen LogP contribution in [0.3, 0.4) is 0 Å². The normalized spacial score (nSPS) is 13.4. The molecule has 0 fully saturated rings. The number of nitrogens with zero attached hydrogens (tertiary/aromatic N) is 2. The molecule has 4 nitrogen and oxygen atoms in total. The van der Waals surface area contributed by atoms with E-state index >= 15 is 0 Å². The summed E-state index contributed by atoms with van der Waals surface area (Å²) >= 11 is 0. The molecule has 0 spiro atoms. The molecule has 0 bridgehead atoms. The van der Waals surface area contributed by atoms with Crippen LogP contribution in [-0.4, -0.2) is 27.5 Å². The second-order valence-electron chi connectivity index (χ2n) is 5.19. The van der Waals surface area contributed by atoms with E-state index in [2.05, 4.69) is 31.2 Å². The minimum atomic E-state index is -0.257. The van der Waals surface area contributed by atoms with Gasteiger partial charge in [-0.25, -0.2) is 0 Å². The zero-order chi connectivity index (χ0) is 13.0. The lowest BCUT2D eigenvalue weighted by Crippen LogP contribution is -2.27. The molecule has 98 valence electrons. The fourth-order valence-corrected chi connectivity index (χ4v) is 2.06. The largest absolute Gasteiger partial charge is 0.392 e. The van der Waals surface area contributed by atoms with Gasteiger partial charge < -0.3 is 10.4 Å². The van der Waals surface area contributed by atoms with Crippen molar-refractivity contribution in [3.63, 3.8) is 0 Å². The molecule has 1 atom stereocenters. The van der Waals surface area contributed by atoms with Gasteiger partial charge in [-0.3, -0.25) is 4.68 Å². The highest BCUT2D eigenvalue weighted by Gasteiger charge is 2.10. The Morgan fingerprint density at radius 3 is 2.47 bits per heavy atom. The third kappa shape index (κ3) is 4.13. The standard InChI is InChI=1S/C13H25N3O/c1-9(2)6-12(17)7-14-8-13-10(3)15-16(5)11(13)4/h9,12,14,17H,6-8H2,1-5H3. The minimum Gasteiger partial charge on any atom is -0.392 e. The second kappa shape index (κ2) is 6.17. The first-order valence-electron chi connectivity index (χ1n) is 6.29. The molecule has 4 heteroatoms. The van der Waals surface area contributed by atoms with Gasteiger partial charge in [0, 0.05) is 31.4 Å². The van der Waals surface area contributed by atoms with E-state index < -0.39 is 0 Å². The topological polar surface area (TPSA) is 50.1 Å². The average molecular weight is 239 g/mol. The number of rotatable bonds is 6. The molecule has 1 unspecified atom stereocenters. The predicted molar refractivity (Wildman–Crippen MR) is 69.9 cm³/mol. The van der Waals surface area contributed by atoms with Gasteiger partial charge in [-0.2, -0.15) is 5.10 Å². The lowest BCUT2D eigenvalue weighted by atomic mass is 10.1. The van der Waals surface area contributed by atoms with Crippen molar-refractivity contribution in [2.45, 2.75) is 46.8 Å². The molecule has 0 aliphatic carbocycles. The summed E-state index contributed by atoms with van der Waals surface area (Å²) in [5.41, 5.74) is 3.49. The Morgan fingerprint density at radius 1 is 1.35 bits per heavy atom. The highest BCUT2D eigenvalue weighted by atomic mass is 16.3. The molecule has 1 heterocycles. The summed E-state index contributed by atoms with van der Waals surface area (Å²) in [6.07, 6.45) is 0.588. The van der Waals surface area contributed by atoms with Crippen LogP contribution < -0.4 is 5.32 Å². The highest BCUT2D eigenvalue weighted by molar-refractivity contribution is 5.23. The average Bonchev–Trinajstić information content (AvgIpc) is 2.43. The van der Waals surface area contributed by atoms with Crippen LogP contribution in [0.2, 0.25) is 0 Å². The highest BCUT2D eigenvalue weighted by Crippen LogP contribution is 2.11. The van der Waals surface area contributed by atoms with E-state index in [4.69, 9.17) is 0 Å². The van der Waals surface area contributed by atoms with Crippen molar-refractivity contribution < 1.29 is 5.11 Å². The first kappa shape index (κ1) is 14.2. The molecular weight excluding hydrogens is 214 g/mol. The SMILES string of the molecule is Cc1nn(C)c(C)c1CNCC(O)CC(C)C. The van der Waals surface area contributed by atoms with Crippen molar-refractivity contribution in [2.24, 2.45) is 13.0 Å². The van der Waals surface area contributed by atoms with Gasteiger partial charge in [0.1, 0.15) is 0 Å². The summed E-state index contributed by atoms with van der Waals surface area (Å²) in [4.78, 5) is 0. The van der Waals surface area contributed by atoms with E-state index in [1.165, 1.54) is 11.3 Å². The van der Waals surface area contributed by atoms with Crippen LogP contribution in [0.4, 0.5) is 0 Å². The molecule has 0 saturated carbocycles. The predicted octanol–water partition coefficient (Wildman–Crippen LogP) is 1.53. The van der Waals surface area contributed by atoms with Crippen LogP contribution >= 0.6 is 0 Å². The van der Waals surface area contributed by atoms with Crippen LogP contribution in [0.15, 0.2) is 0 Å². The third-order valence-corrected chi connectivity index (χ3v) is 3.08. The third-order valence-electron chi connectivity index (χ3n) is 3.08. The van der Waals surface area contributed by atoms with E-state index in [9.17, 15) is 5.11 Å². The van der Waals surface area contributed by atoms with Crippen LogP contribution in [0, 0.1) is 19.8 Å². The van der Waals surface area contributed by atoms with Crippen LogP contribution in [0.25, 0.3) is 0 Å². The summed E-state index contributed by atoms with van der Waals surface area (Å²) in [5, 5.41) is 17.4. The van der Waals surface area contributed by atoms with Gasteiger partial charge in [0.25, 0.3) is 0 Å². The van der Waals surface area contributed by atoms with Gasteiger partial charge in [0.15, 0.2) is 0 Å². The molecule has 1 rings (SSSR count). The summed E-state index contributed by atoms with van der Waals surface area (Å²) in [7, 11) is 1.96. The zero-order valence-corrected chi connectivity index (χ0v) is 11.6. The maximum atomic E-state index is 9.76. The molecule has 0 radical (unpaired) electrons. The lowest BCUT2D eigenvalue weighted by molar-refractivity contribution is 0.146. The first-order valence-corrected chi connectivity index (χ1v) is 6.29. The molecule has 0 saturated heterocycles. The molecule has 0 aliphatic heterocycles.